The summed E-state index contributed by atoms with van der Waals surface area (Å²) in [5, 5.41) is 0.637. The zero-order valence-corrected chi connectivity index (χ0v) is 12.1. The molecule has 0 unspecified atom stereocenters. The molecule has 0 aliphatic rings. The van der Waals surface area contributed by atoms with Crippen molar-refractivity contribution in [2.75, 3.05) is 7.11 Å². The number of aromatic nitrogens is 2. The van der Waals surface area contributed by atoms with Crippen LogP contribution in [-0.2, 0) is 0 Å². The monoisotopic (exact) mass is 300 g/mol. The summed E-state index contributed by atoms with van der Waals surface area (Å²) in [7, 11) is 1.62. The molecule has 3 rings (SSSR count). The minimum Gasteiger partial charge on any atom is -0.497 e. The Morgan fingerprint density at radius 1 is 1.05 bits per heavy atom. The molecule has 0 radical (unpaired) electrons. The summed E-state index contributed by atoms with van der Waals surface area (Å²) >= 11 is 5.86. The highest BCUT2D eigenvalue weighted by molar-refractivity contribution is 6.30. The normalized spacial score (nSPS) is 10.6. The van der Waals surface area contributed by atoms with Crippen LogP contribution in [-0.4, -0.2) is 16.7 Å². The Morgan fingerprint density at radius 3 is 2.33 bits per heavy atom. The smallest absolute Gasteiger partial charge is 0.330 e. The minimum absolute atomic E-state index is 0.192. The van der Waals surface area contributed by atoms with E-state index < -0.39 is 0 Å². The van der Waals surface area contributed by atoms with E-state index in [-0.39, 0.29) is 5.69 Å². The standard InChI is InChI=1S/C16H13ClN2O2/c1-21-14-8-2-11(3-9-14)15-10-19(16(20)18-15)13-6-4-12(17)5-7-13/h2-10H,1H3,(H,18,20). The van der Waals surface area contributed by atoms with Gasteiger partial charge in [0.25, 0.3) is 0 Å². The molecular formula is C16H13ClN2O2. The van der Waals surface area contributed by atoms with Gasteiger partial charge < -0.3 is 9.72 Å². The summed E-state index contributed by atoms with van der Waals surface area (Å²) in [6, 6.07) is 14.6. The lowest BCUT2D eigenvalue weighted by atomic mass is 10.1. The molecule has 0 aliphatic carbocycles. The topological polar surface area (TPSA) is 47.0 Å². The van der Waals surface area contributed by atoms with Crippen molar-refractivity contribution in [2.45, 2.75) is 0 Å². The van der Waals surface area contributed by atoms with Crippen LogP contribution in [0.4, 0.5) is 0 Å². The number of ether oxygens (including phenoxy) is 1. The van der Waals surface area contributed by atoms with Crippen molar-refractivity contribution in [3.8, 4) is 22.7 Å². The van der Waals surface area contributed by atoms with Gasteiger partial charge in [-0.15, -0.1) is 0 Å². The first-order valence-corrected chi connectivity index (χ1v) is 6.77. The van der Waals surface area contributed by atoms with E-state index in [2.05, 4.69) is 4.98 Å². The number of hydrogen-bond donors (Lipinski definition) is 1. The zero-order chi connectivity index (χ0) is 14.8. The summed E-state index contributed by atoms with van der Waals surface area (Å²) in [6.07, 6.45) is 1.77. The van der Waals surface area contributed by atoms with Gasteiger partial charge in [0.15, 0.2) is 0 Å². The Balaban J connectivity index is 2.00. The van der Waals surface area contributed by atoms with Gasteiger partial charge in [-0.3, -0.25) is 4.57 Å². The number of rotatable bonds is 3. The van der Waals surface area contributed by atoms with Crippen molar-refractivity contribution in [3.63, 3.8) is 0 Å². The molecule has 3 aromatic rings. The average molecular weight is 301 g/mol. The Hall–Kier alpha value is -2.46. The van der Waals surface area contributed by atoms with Crippen molar-refractivity contribution in [2.24, 2.45) is 0 Å². The summed E-state index contributed by atoms with van der Waals surface area (Å²) in [4.78, 5) is 14.9. The molecule has 0 saturated carbocycles. The highest BCUT2D eigenvalue weighted by Gasteiger charge is 2.07. The minimum atomic E-state index is -0.192. The van der Waals surface area contributed by atoms with Crippen LogP contribution < -0.4 is 10.4 Å². The van der Waals surface area contributed by atoms with Crippen LogP contribution in [0.25, 0.3) is 16.9 Å². The van der Waals surface area contributed by atoms with Crippen molar-refractivity contribution in [1.82, 2.24) is 9.55 Å². The number of aromatic amines is 1. The average Bonchev–Trinajstić information content (AvgIpc) is 2.90. The van der Waals surface area contributed by atoms with E-state index in [0.29, 0.717) is 5.02 Å². The maximum atomic E-state index is 12.1. The predicted octanol–water partition coefficient (Wildman–Crippen LogP) is 3.49. The first-order chi connectivity index (χ1) is 10.2. The summed E-state index contributed by atoms with van der Waals surface area (Å²) in [5.41, 5.74) is 2.24. The van der Waals surface area contributed by atoms with E-state index in [1.807, 2.05) is 24.3 Å². The van der Waals surface area contributed by atoms with Crippen LogP contribution in [0.3, 0.4) is 0 Å². The lowest BCUT2D eigenvalue weighted by Crippen LogP contribution is -2.13. The summed E-state index contributed by atoms with van der Waals surface area (Å²) in [6.45, 7) is 0. The molecule has 2 aromatic carbocycles. The SMILES string of the molecule is COc1ccc(-c2cn(-c3ccc(Cl)cc3)c(=O)[nH]2)cc1. The second kappa shape index (κ2) is 5.50. The van der Waals surface area contributed by atoms with Crippen LogP contribution >= 0.6 is 11.6 Å². The van der Waals surface area contributed by atoms with E-state index in [1.165, 1.54) is 0 Å². The molecule has 4 nitrogen and oxygen atoms in total. The van der Waals surface area contributed by atoms with Gasteiger partial charge >= 0.3 is 5.69 Å². The van der Waals surface area contributed by atoms with E-state index in [9.17, 15) is 4.79 Å². The van der Waals surface area contributed by atoms with Crippen LogP contribution in [0.1, 0.15) is 0 Å². The molecule has 0 bridgehead atoms. The molecule has 0 spiro atoms. The predicted molar refractivity (Wildman–Crippen MR) is 83.4 cm³/mol. The molecular weight excluding hydrogens is 288 g/mol. The fourth-order valence-electron chi connectivity index (χ4n) is 2.11. The second-order valence-electron chi connectivity index (χ2n) is 4.55. The number of methoxy groups -OCH3 is 1. The Morgan fingerprint density at radius 2 is 1.71 bits per heavy atom. The number of hydrogen-bond acceptors (Lipinski definition) is 2. The van der Waals surface area contributed by atoms with Gasteiger partial charge in [-0.25, -0.2) is 4.79 Å². The lowest BCUT2D eigenvalue weighted by Gasteiger charge is -2.01. The van der Waals surface area contributed by atoms with E-state index >= 15 is 0 Å². The van der Waals surface area contributed by atoms with Crippen molar-refractivity contribution in [3.05, 3.63) is 70.2 Å². The molecule has 0 atom stereocenters. The lowest BCUT2D eigenvalue weighted by molar-refractivity contribution is 0.415. The molecule has 1 aromatic heterocycles. The number of halogens is 1. The van der Waals surface area contributed by atoms with Gasteiger partial charge in [-0.2, -0.15) is 0 Å². The molecule has 1 heterocycles. The highest BCUT2D eigenvalue weighted by atomic mass is 35.5. The van der Waals surface area contributed by atoms with Gasteiger partial charge in [0.2, 0.25) is 0 Å². The van der Waals surface area contributed by atoms with Crippen LogP contribution in [0.15, 0.2) is 59.5 Å². The van der Waals surface area contributed by atoms with E-state index in [1.54, 1.807) is 42.1 Å². The van der Waals surface area contributed by atoms with E-state index in [4.69, 9.17) is 16.3 Å². The molecule has 21 heavy (non-hydrogen) atoms. The third kappa shape index (κ3) is 2.71. The van der Waals surface area contributed by atoms with Crippen molar-refractivity contribution in [1.29, 1.82) is 0 Å². The van der Waals surface area contributed by atoms with Crippen LogP contribution in [0.2, 0.25) is 5.02 Å². The number of H-pyrrole nitrogens is 1. The third-order valence-corrected chi connectivity index (χ3v) is 3.48. The van der Waals surface area contributed by atoms with Crippen LogP contribution in [0.5, 0.6) is 5.75 Å². The summed E-state index contributed by atoms with van der Waals surface area (Å²) < 4.78 is 6.68. The number of benzene rings is 2. The van der Waals surface area contributed by atoms with E-state index in [0.717, 1.165) is 22.7 Å². The number of imidazole rings is 1. The molecule has 0 fully saturated rings. The molecule has 106 valence electrons. The quantitative estimate of drug-likeness (QED) is 0.805. The first kappa shape index (κ1) is 13.5. The summed E-state index contributed by atoms with van der Waals surface area (Å²) in [5.74, 6) is 0.776. The van der Waals surface area contributed by atoms with Crippen molar-refractivity contribution >= 4 is 11.6 Å². The third-order valence-electron chi connectivity index (χ3n) is 3.22. The van der Waals surface area contributed by atoms with Gasteiger partial charge in [0.05, 0.1) is 18.5 Å². The molecule has 0 saturated heterocycles. The number of nitrogens with zero attached hydrogens (tertiary/aromatic N) is 1. The second-order valence-corrected chi connectivity index (χ2v) is 4.98. The van der Waals surface area contributed by atoms with Gasteiger partial charge in [0.1, 0.15) is 5.75 Å². The largest absolute Gasteiger partial charge is 0.497 e. The number of nitrogens with one attached hydrogen (secondary N) is 1. The fraction of sp³-hybridized carbons (Fsp3) is 0.0625. The highest BCUT2D eigenvalue weighted by Crippen LogP contribution is 2.21. The molecule has 5 heteroatoms. The maximum Gasteiger partial charge on any atom is 0.330 e. The fourth-order valence-corrected chi connectivity index (χ4v) is 2.23. The Kier molecular flexibility index (Phi) is 3.54. The first-order valence-electron chi connectivity index (χ1n) is 6.39. The Labute approximate surface area is 126 Å². The van der Waals surface area contributed by atoms with Gasteiger partial charge in [0, 0.05) is 11.2 Å². The maximum absolute atomic E-state index is 12.1. The van der Waals surface area contributed by atoms with Gasteiger partial charge in [-0.1, -0.05) is 11.6 Å². The van der Waals surface area contributed by atoms with Crippen molar-refractivity contribution < 1.29 is 4.74 Å². The molecule has 0 aliphatic heterocycles. The Bertz CT molecular complexity index is 802. The van der Waals surface area contributed by atoms with Gasteiger partial charge in [-0.05, 0) is 54.1 Å². The molecule has 0 amide bonds. The zero-order valence-electron chi connectivity index (χ0n) is 11.3. The molecule has 1 N–H and O–H groups in total. The van der Waals surface area contributed by atoms with Crippen LogP contribution in [0, 0.1) is 0 Å².